The number of hydrogen-bond acceptors (Lipinski definition) is 5. The normalized spacial score (nSPS) is 18.7. The molecule has 0 aromatic carbocycles. The minimum absolute atomic E-state index is 0.108. The molecule has 0 saturated carbocycles. The third-order valence-electron chi connectivity index (χ3n) is 4.84. The highest BCUT2D eigenvalue weighted by molar-refractivity contribution is 5.40. The fourth-order valence-corrected chi connectivity index (χ4v) is 3.30. The van der Waals surface area contributed by atoms with E-state index in [1.165, 1.54) is 5.56 Å². The third kappa shape index (κ3) is 4.30. The molecule has 1 aliphatic rings. The predicted octanol–water partition coefficient (Wildman–Crippen LogP) is 3.30. The van der Waals surface area contributed by atoms with E-state index in [0.29, 0.717) is 5.82 Å². The second-order valence-electron chi connectivity index (χ2n) is 6.65. The molecule has 140 valence electrons. The summed E-state index contributed by atoms with van der Waals surface area (Å²) in [7, 11) is 1.80. The molecule has 1 atom stereocenters. The monoisotopic (exact) mass is 365 g/mol. The summed E-state index contributed by atoms with van der Waals surface area (Å²) in [4.78, 5) is 15.8. The molecule has 1 unspecified atom stereocenters. The van der Waals surface area contributed by atoms with Gasteiger partial charge in [0.05, 0.1) is 0 Å². The molecule has 0 N–H and O–H groups in total. The van der Waals surface area contributed by atoms with Crippen molar-refractivity contribution in [3.05, 3.63) is 47.7 Å². The number of rotatable bonds is 4. The van der Waals surface area contributed by atoms with Gasteiger partial charge in [0.2, 0.25) is 0 Å². The Labute approximate surface area is 150 Å². The summed E-state index contributed by atoms with van der Waals surface area (Å²) in [6.45, 7) is 4.52. The Kier molecular flexibility index (Phi) is 5.41. The Morgan fingerprint density at radius 3 is 2.81 bits per heavy atom. The number of anilines is 1. The van der Waals surface area contributed by atoms with E-state index >= 15 is 0 Å². The number of likely N-dealkylation sites (tertiary alicyclic amines) is 1. The molecular weight excluding hydrogens is 343 g/mol. The van der Waals surface area contributed by atoms with E-state index in [2.05, 4.69) is 25.9 Å². The standard InChI is InChI=1S/C18H22F3N5/c1-13-14(5-3-7-22-13)10-26-8-4-6-15(11-26)25(2)17-9-16(18(19,20)21)23-12-24-17/h3,5,7,9,12,15H,4,6,8,10-11H2,1-2H3. The molecule has 0 radical (unpaired) electrons. The highest BCUT2D eigenvalue weighted by Crippen LogP contribution is 2.30. The molecule has 8 heteroatoms. The zero-order valence-corrected chi connectivity index (χ0v) is 14.9. The van der Waals surface area contributed by atoms with Gasteiger partial charge in [-0.25, -0.2) is 9.97 Å². The van der Waals surface area contributed by atoms with E-state index in [0.717, 1.165) is 50.6 Å². The van der Waals surface area contributed by atoms with Crippen molar-refractivity contribution < 1.29 is 13.2 Å². The van der Waals surface area contributed by atoms with Crippen molar-refractivity contribution in [3.8, 4) is 0 Å². The van der Waals surface area contributed by atoms with Crippen molar-refractivity contribution in [1.82, 2.24) is 19.9 Å². The van der Waals surface area contributed by atoms with E-state index in [1.54, 1.807) is 13.2 Å². The number of pyridine rings is 1. The Bertz CT molecular complexity index is 750. The largest absolute Gasteiger partial charge is 0.433 e. The van der Waals surface area contributed by atoms with Gasteiger partial charge in [0, 0.05) is 44.1 Å². The summed E-state index contributed by atoms with van der Waals surface area (Å²) >= 11 is 0. The molecule has 0 bridgehead atoms. The van der Waals surface area contributed by atoms with E-state index < -0.39 is 11.9 Å². The predicted molar refractivity (Wildman–Crippen MR) is 92.7 cm³/mol. The second-order valence-corrected chi connectivity index (χ2v) is 6.65. The van der Waals surface area contributed by atoms with Crippen LogP contribution in [0.2, 0.25) is 0 Å². The van der Waals surface area contributed by atoms with E-state index in [9.17, 15) is 13.2 Å². The van der Waals surface area contributed by atoms with Gasteiger partial charge >= 0.3 is 6.18 Å². The van der Waals surface area contributed by atoms with E-state index in [-0.39, 0.29) is 6.04 Å². The smallest absolute Gasteiger partial charge is 0.355 e. The molecule has 26 heavy (non-hydrogen) atoms. The van der Waals surface area contributed by atoms with Crippen molar-refractivity contribution in [3.63, 3.8) is 0 Å². The van der Waals surface area contributed by atoms with Gasteiger partial charge in [-0.2, -0.15) is 13.2 Å². The molecule has 1 aliphatic heterocycles. The number of aromatic nitrogens is 3. The molecule has 3 heterocycles. The van der Waals surface area contributed by atoms with Gasteiger partial charge in [-0.05, 0) is 37.9 Å². The second kappa shape index (κ2) is 7.57. The summed E-state index contributed by atoms with van der Waals surface area (Å²) in [6.07, 6.45) is 0.206. The summed E-state index contributed by atoms with van der Waals surface area (Å²) in [6, 6.07) is 5.12. The highest BCUT2D eigenvalue weighted by atomic mass is 19.4. The molecule has 2 aromatic heterocycles. The molecule has 1 saturated heterocycles. The first-order valence-corrected chi connectivity index (χ1v) is 8.59. The van der Waals surface area contributed by atoms with Crippen molar-refractivity contribution >= 4 is 5.82 Å². The molecule has 0 amide bonds. The van der Waals surface area contributed by atoms with Gasteiger partial charge in [-0.1, -0.05) is 6.07 Å². The van der Waals surface area contributed by atoms with Crippen LogP contribution in [0.1, 0.15) is 29.8 Å². The fraction of sp³-hybridized carbons (Fsp3) is 0.500. The molecule has 1 fully saturated rings. The lowest BCUT2D eigenvalue weighted by Gasteiger charge is -2.38. The summed E-state index contributed by atoms with van der Waals surface area (Å²) in [5.74, 6) is 0.303. The SMILES string of the molecule is Cc1ncccc1CN1CCCC(N(C)c2cc(C(F)(F)F)ncn2)C1. The van der Waals surface area contributed by atoms with E-state index in [1.807, 2.05) is 17.9 Å². The Morgan fingerprint density at radius 2 is 2.08 bits per heavy atom. The fourth-order valence-electron chi connectivity index (χ4n) is 3.30. The van der Waals surface area contributed by atoms with Crippen molar-refractivity contribution in [2.45, 2.75) is 38.5 Å². The Morgan fingerprint density at radius 1 is 1.27 bits per heavy atom. The van der Waals surface area contributed by atoms with Gasteiger partial charge in [0.1, 0.15) is 17.8 Å². The molecule has 5 nitrogen and oxygen atoms in total. The van der Waals surface area contributed by atoms with Crippen molar-refractivity contribution in [1.29, 1.82) is 0 Å². The van der Waals surface area contributed by atoms with E-state index in [4.69, 9.17) is 0 Å². The quantitative estimate of drug-likeness (QED) is 0.832. The van der Waals surface area contributed by atoms with Crippen molar-refractivity contribution in [2.75, 3.05) is 25.0 Å². The molecule has 0 aliphatic carbocycles. The number of halogens is 3. The van der Waals surface area contributed by atoms with Gasteiger partial charge < -0.3 is 4.90 Å². The highest BCUT2D eigenvalue weighted by Gasteiger charge is 2.34. The molecule has 2 aromatic rings. The maximum atomic E-state index is 12.9. The number of likely N-dealkylation sites (N-methyl/N-ethyl adjacent to an activating group) is 1. The maximum Gasteiger partial charge on any atom is 0.433 e. The minimum Gasteiger partial charge on any atom is -0.355 e. The first-order chi connectivity index (χ1) is 12.3. The van der Waals surface area contributed by atoms with Crippen LogP contribution >= 0.6 is 0 Å². The average molecular weight is 365 g/mol. The number of nitrogens with zero attached hydrogens (tertiary/aromatic N) is 5. The maximum absolute atomic E-state index is 12.9. The number of alkyl halides is 3. The van der Waals surface area contributed by atoms with Crippen LogP contribution in [0.25, 0.3) is 0 Å². The van der Waals surface area contributed by atoms with Crippen LogP contribution in [0.4, 0.5) is 19.0 Å². The van der Waals surface area contributed by atoms with Crippen LogP contribution in [0, 0.1) is 6.92 Å². The molecule has 0 spiro atoms. The zero-order valence-electron chi connectivity index (χ0n) is 14.9. The van der Waals surface area contributed by atoms with Crippen LogP contribution in [0.3, 0.4) is 0 Å². The molecular formula is C18H22F3N5. The van der Waals surface area contributed by atoms with Crippen LogP contribution in [0.15, 0.2) is 30.7 Å². The van der Waals surface area contributed by atoms with Crippen LogP contribution in [-0.2, 0) is 12.7 Å². The average Bonchev–Trinajstić information content (AvgIpc) is 2.63. The zero-order chi connectivity index (χ0) is 18.7. The van der Waals surface area contributed by atoms with Gasteiger partial charge in [0.15, 0.2) is 0 Å². The lowest BCUT2D eigenvalue weighted by atomic mass is 10.0. The van der Waals surface area contributed by atoms with Crippen molar-refractivity contribution in [2.24, 2.45) is 0 Å². The van der Waals surface area contributed by atoms with Crippen LogP contribution in [-0.4, -0.2) is 46.0 Å². The number of hydrogen-bond donors (Lipinski definition) is 0. The topological polar surface area (TPSA) is 45.2 Å². The number of piperidine rings is 1. The van der Waals surface area contributed by atoms with Gasteiger partial charge in [-0.15, -0.1) is 0 Å². The Balaban J connectivity index is 1.70. The summed E-state index contributed by atoms with van der Waals surface area (Å²) < 4.78 is 38.7. The van der Waals surface area contributed by atoms with Crippen LogP contribution < -0.4 is 4.90 Å². The first kappa shape index (κ1) is 18.6. The third-order valence-corrected chi connectivity index (χ3v) is 4.84. The lowest BCUT2D eigenvalue weighted by Crippen LogP contribution is -2.46. The first-order valence-electron chi connectivity index (χ1n) is 8.59. The summed E-state index contributed by atoms with van der Waals surface area (Å²) in [5, 5.41) is 0. The Hall–Kier alpha value is -2.22. The summed E-state index contributed by atoms with van der Waals surface area (Å²) in [5.41, 5.74) is 1.28. The van der Waals surface area contributed by atoms with Gasteiger partial charge in [0.25, 0.3) is 0 Å². The lowest BCUT2D eigenvalue weighted by molar-refractivity contribution is -0.141. The van der Waals surface area contributed by atoms with Gasteiger partial charge in [-0.3, -0.25) is 9.88 Å². The molecule has 3 rings (SSSR count). The van der Waals surface area contributed by atoms with Crippen LogP contribution in [0.5, 0.6) is 0 Å². The minimum atomic E-state index is -4.46. The number of aryl methyl sites for hydroxylation is 1.